The van der Waals surface area contributed by atoms with Gasteiger partial charge in [-0.25, -0.2) is 4.79 Å². The van der Waals surface area contributed by atoms with Crippen molar-refractivity contribution in [3.05, 3.63) is 35.8 Å². The molecule has 1 heterocycles. The Bertz CT molecular complexity index is 442. The lowest BCUT2D eigenvalue weighted by molar-refractivity contribution is -0.136. The average Bonchev–Trinajstić information content (AvgIpc) is 2.30. The second-order valence-corrected chi connectivity index (χ2v) is 4.19. The predicted octanol–water partition coefficient (Wildman–Crippen LogP) is 1.88. The summed E-state index contributed by atoms with van der Waals surface area (Å²) in [6.07, 6.45) is 4.19. The van der Waals surface area contributed by atoms with Crippen molar-refractivity contribution in [3.8, 4) is 0 Å². The maximum atomic E-state index is 11.7. The number of hydrogen-bond acceptors (Lipinski definition) is 4. The van der Waals surface area contributed by atoms with Gasteiger partial charge < -0.3 is 9.47 Å². The van der Waals surface area contributed by atoms with Gasteiger partial charge >= 0.3 is 5.97 Å². The first-order valence-electron chi connectivity index (χ1n) is 5.52. The van der Waals surface area contributed by atoms with Crippen molar-refractivity contribution in [3.63, 3.8) is 0 Å². The second-order valence-electron chi connectivity index (χ2n) is 4.19. The summed E-state index contributed by atoms with van der Waals surface area (Å²) < 4.78 is 10.5. The first kappa shape index (κ1) is 11.6. The van der Waals surface area contributed by atoms with Crippen molar-refractivity contribution in [2.24, 2.45) is 5.92 Å². The largest absolute Gasteiger partial charge is 0.497 e. The fraction of sp³-hybridized carbons (Fsp3) is 0.385. The summed E-state index contributed by atoms with van der Waals surface area (Å²) in [4.78, 5) is 23.0. The SMILES string of the molecule is C=C(C)C(=O)OC1=CC=C2OCCC(=O)C2C1. The van der Waals surface area contributed by atoms with Crippen LogP contribution < -0.4 is 0 Å². The van der Waals surface area contributed by atoms with Crippen LogP contribution in [0.3, 0.4) is 0 Å². The highest BCUT2D eigenvalue weighted by Gasteiger charge is 2.32. The van der Waals surface area contributed by atoms with E-state index in [-0.39, 0.29) is 11.7 Å². The third-order valence-electron chi connectivity index (χ3n) is 2.76. The number of carbonyl (C=O) groups is 2. The van der Waals surface area contributed by atoms with Crippen LogP contribution in [0.2, 0.25) is 0 Å². The number of Topliss-reactive ketones (excluding diaryl/α,β-unsaturated/α-hetero) is 1. The Balaban J connectivity index is 2.10. The normalized spacial score (nSPS) is 22.9. The van der Waals surface area contributed by atoms with Crippen LogP contribution >= 0.6 is 0 Å². The molecule has 4 nitrogen and oxygen atoms in total. The van der Waals surface area contributed by atoms with Crippen LogP contribution in [0.4, 0.5) is 0 Å². The Morgan fingerprint density at radius 3 is 3.00 bits per heavy atom. The van der Waals surface area contributed by atoms with E-state index in [1.165, 1.54) is 0 Å². The van der Waals surface area contributed by atoms with E-state index in [1.807, 2.05) is 0 Å². The summed E-state index contributed by atoms with van der Waals surface area (Å²) in [6, 6.07) is 0. The monoisotopic (exact) mass is 234 g/mol. The van der Waals surface area contributed by atoms with Gasteiger partial charge in [0.2, 0.25) is 0 Å². The molecule has 2 rings (SSSR count). The number of allylic oxidation sites excluding steroid dienone is 4. The summed E-state index contributed by atoms with van der Waals surface area (Å²) in [5.74, 6) is 0.556. The molecule has 0 spiro atoms. The molecule has 0 N–H and O–H groups in total. The molecule has 1 aliphatic carbocycles. The molecule has 2 aliphatic rings. The topological polar surface area (TPSA) is 52.6 Å². The zero-order valence-electron chi connectivity index (χ0n) is 9.69. The molecular weight excluding hydrogens is 220 g/mol. The summed E-state index contributed by atoms with van der Waals surface area (Å²) >= 11 is 0. The molecule has 1 saturated heterocycles. The lowest BCUT2D eigenvalue weighted by atomic mass is 9.89. The molecule has 1 atom stereocenters. The zero-order chi connectivity index (χ0) is 12.4. The van der Waals surface area contributed by atoms with Gasteiger partial charge in [-0.05, 0) is 19.1 Å². The molecule has 0 aromatic rings. The predicted molar refractivity (Wildman–Crippen MR) is 60.8 cm³/mol. The summed E-state index contributed by atoms with van der Waals surface area (Å²) in [6.45, 7) is 5.53. The molecular formula is C13H14O4. The maximum absolute atomic E-state index is 11.7. The minimum atomic E-state index is -0.461. The Morgan fingerprint density at radius 1 is 1.53 bits per heavy atom. The van der Waals surface area contributed by atoms with Crippen LogP contribution in [0.5, 0.6) is 0 Å². The van der Waals surface area contributed by atoms with Gasteiger partial charge in [-0.2, -0.15) is 0 Å². The molecule has 4 heteroatoms. The number of hydrogen-bond donors (Lipinski definition) is 0. The van der Waals surface area contributed by atoms with Crippen molar-refractivity contribution in [1.82, 2.24) is 0 Å². The Labute approximate surface area is 99.6 Å². The van der Waals surface area contributed by atoms with Crippen LogP contribution in [0, 0.1) is 5.92 Å². The van der Waals surface area contributed by atoms with E-state index in [4.69, 9.17) is 9.47 Å². The van der Waals surface area contributed by atoms with Crippen molar-refractivity contribution in [2.75, 3.05) is 6.61 Å². The van der Waals surface area contributed by atoms with Crippen LogP contribution in [0.25, 0.3) is 0 Å². The zero-order valence-corrected chi connectivity index (χ0v) is 9.69. The first-order valence-corrected chi connectivity index (χ1v) is 5.52. The Morgan fingerprint density at radius 2 is 2.29 bits per heavy atom. The van der Waals surface area contributed by atoms with Gasteiger partial charge in [0.1, 0.15) is 17.3 Å². The van der Waals surface area contributed by atoms with E-state index >= 15 is 0 Å². The molecule has 0 amide bonds. The molecule has 1 fully saturated rings. The van der Waals surface area contributed by atoms with E-state index in [0.717, 1.165) is 0 Å². The fourth-order valence-electron chi connectivity index (χ4n) is 1.81. The molecule has 0 aromatic carbocycles. The lowest BCUT2D eigenvalue weighted by Gasteiger charge is -2.27. The molecule has 0 aromatic heterocycles. The van der Waals surface area contributed by atoms with E-state index < -0.39 is 5.97 Å². The number of rotatable bonds is 2. The van der Waals surface area contributed by atoms with E-state index in [2.05, 4.69) is 6.58 Å². The molecule has 0 saturated carbocycles. The van der Waals surface area contributed by atoms with Gasteiger partial charge in [-0.15, -0.1) is 0 Å². The maximum Gasteiger partial charge on any atom is 0.338 e. The summed E-state index contributed by atoms with van der Waals surface area (Å²) in [7, 11) is 0. The van der Waals surface area contributed by atoms with Crippen LogP contribution in [-0.4, -0.2) is 18.4 Å². The van der Waals surface area contributed by atoms with Crippen LogP contribution in [0.1, 0.15) is 19.8 Å². The number of carbonyl (C=O) groups excluding carboxylic acids is 2. The molecule has 1 aliphatic heterocycles. The molecule has 0 bridgehead atoms. The second kappa shape index (κ2) is 4.57. The lowest BCUT2D eigenvalue weighted by Crippen LogP contribution is -2.28. The highest BCUT2D eigenvalue weighted by Crippen LogP contribution is 2.31. The van der Waals surface area contributed by atoms with Crippen molar-refractivity contribution >= 4 is 11.8 Å². The third kappa shape index (κ3) is 2.46. The Hall–Kier alpha value is -1.84. The minimum absolute atomic E-state index is 0.138. The highest BCUT2D eigenvalue weighted by molar-refractivity contribution is 5.88. The van der Waals surface area contributed by atoms with Gasteiger partial charge in [0.25, 0.3) is 0 Å². The van der Waals surface area contributed by atoms with Gasteiger partial charge in [0.05, 0.1) is 12.5 Å². The van der Waals surface area contributed by atoms with Gasteiger partial charge in [0.15, 0.2) is 0 Å². The third-order valence-corrected chi connectivity index (χ3v) is 2.76. The number of ketones is 1. The summed E-state index contributed by atoms with van der Waals surface area (Å²) in [5, 5.41) is 0. The first-order chi connectivity index (χ1) is 8.08. The van der Waals surface area contributed by atoms with Gasteiger partial charge in [0, 0.05) is 18.4 Å². The standard InChI is InChI=1S/C13H14O4/c1-8(2)13(15)17-9-3-4-12-10(7-9)11(14)5-6-16-12/h3-4,10H,1,5-7H2,2H3. The van der Waals surface area contributed by atoms with Crippen molar-refractivity contribution in [1.29, 1.82) is 0 Å². The number of ether oxygens (including phenoxy) is 2. The molecule has 0 radical (unpaired) electrons. The van der Waals surface area contributed by atoms with Crippen molar-refractivity contribution in [2.45, 2.75) is 19.8 Å². The minimum Gasteiger partial charge on any atom is -0.497 e. The molecule has 1 unspecified atom stereocenters. The average molecular weight is 234 g/mol. The van der Waals surface area contributed by atoms with Crippen LogP contribution in [0.15, 0.2) is 35.8 Å². The van der Waals surface area contributed by atoms with E-state index in [0.29, 0.717) is 36.5 Å². The number of fused-ring (bicyclic) bond motifs is 1. The van der Waals surface area contributed by atoms with E-state index in [9.17, 15) is 9.59 Å². The fourth-order valence-corrected chi connectivity index (χ4v) is 1.81. The summed E-state index contributed by atoms with van der Waals surface area (Å²) in [5.41, 5.74) is 0.340. The quantitative estimate of drug-likeness (QED) is 0.540. The van der Waals surface area contributed by atoms with E-state index in [1.54, 1.807) is 19.1 Å². The van der Waals surface area contributed by atoms with Crippen molar-refractivity contribution < 1.29 is 19.1 Å². The molecule has 90 valence electrons. The van der Waals surface area contributed by atoms with Gasteiger partial charge in [-0.1, -0.05) is 6.58 Å². The molecule has 17 heavy (non-hydrogen) atoms. The smallest absolute Gasteiger partial charge is 0.338 e. The van der Waals surface area contributed by atoms with Crippen LogP contribution in [-0.2, 0) is 19.1 Å². The number of esters is 1. The Kier molecular flexibility index (Phi) is 3.13. The van der Waals surface area contributed by atoms with Gasteiger partial charge in [-0.3, -0.25) is 4.79 Å². The highest BCUT2D eigenvalue weighted by atomic mass is 16.5.